The first-order valence-corrected chi connectivity index (χ1v) is 8.60. The van der Waals surface area contributed by atoms with E-state index in [9.17, 15) is 24.4 Å². The van der Waals surface area contributed by atoms with Gasteiger partial charge in [0.2, 0.25) is 5.82 Å². The molecule has 10 nitrogen and oxygen atoms in total. The van der Waals surface area contributed by atoms with E-state index in [1.54, 1.807) is 18.7 Å². The zero-order valence-electron chi connectivity index (χ0n) is 15.2. The number of ketones is 2. The van der Waals surface area contributed by atoms with Gasteiger partial charge in [-0.3, -0.25) is 19.2 Å². The van der Waals surface area contributed by atoms with Gasteiger partial charge in [0.15, 0.2) is 5.69 Å². The Morgan fingerprint density at radius 1 is 1.11 bits per heavy atom. The SMILES string of the molecule is CCNC(=O)C(=O)c1cc(N2CC=CCC2)nc(C(=O)C(=O)NCC)[n+]1[O-]. The molecule has 2 rings (SSSR count). The van der Waals surface area contributed by atoms with Gasteiger partial charge in [0, 0.05) is 26.2 Å². The van der Waals surface area contributed by atoms with Crippen molar-refractivity contribution in [2.24, 2.45) is 0 Å². The minimum absolute atomic E-state index is 0.0571. The van der Waals surface area contributed by atoms with Gasteiger partial charge in [0.25, 0.3) is 11.7 Å². The van der Waals surface area contributed by atoms with E-state index in [4.69, 9.17) is 0 Å². The molecule has 0 radical (unpaired) electrons. The maximum absolute atomic E-state index is 12.5. The van der Waals surface area contributed by atoms with Crippen LogP contribution in [0.25, 0.3) is 0 Å². The maximum Gasteiger partial charge on any atom is 0.382 e. The van der Waals surface area contributed by atoms with Gasteiger partial charge in [-0.25, -0.2) is 4.73 Å². The van der Waals surface area contributed by atoms with E-state index in [1.165, 1.54) is 0 Å². The highest BCUT2D eigenvalue weighted by atomic mass is 16.5. The Labute approximate surface area is 155 Å². The Morgan fingerprint density at radius 3 is 2.30 bits per heavy atom. The predicted molar refractivity (Wildman–Crippen MR) is 95.2 cm³/mol. The van der Waals surface area contributed by atoms with Gasteiger partial charge in [0.1, 0.15) is 0 Å². The first-order valence-electron chi connectivity index (χ1n) is 8.60. The van der Waals surface area contributed by atoms with Crippen LogP contribution in [0, 0.1) is 5.21 Å². The molecule has 10 heteroatoms. The van der Waals surface area contributed by atoms with Gasteiger partial charge in [-0.05, 0) is 25.3 Å². The van der Waals surface area contributed by atoms with Crippen LogP contribution in [0.4, 0.5) is 5.82 Å². The molecule has 1 aliphatic rings. The van der Waals surface area contributed by atoms with Crippen molar-refractivity contribution in [2.45, 2.75) is 20.3 Å². The van der Waals surface area contributed by atoms with Crippen LogP contribution >= 0.6 is 0 Å². The summed E-state index contributed by atoms with van der Waals surface area (Å²) >= 11 is 0. The van der Waals surface area contributed by atoms with Crippen LogP contribution in [0.3, 0.4) is 0 Å². The molecule has 144 valence electrons. The van der Waals surface area contributed by atoms with Gasteiger partial charge in [-0.15, -0.1) is 0 Å². The number of rotatable bonds is 7. The van der Waals surface area contributed by atoms with Crippen LogP contribution in [0.2, 0.25) is 0 Å². The van der Waals surface area contributed by atoms with E-state index < -0.39 is 34.9 Å². The van der Waals surface area contributed by atoms with Crippen molar-refractivity contribution in [3.05, 3.63) is 34.9 Å². The lowest BCUT2D eigenvalue weighted by atomic mass is 10.2. The molecule has 2 amide bonds. The molecule has 2 heterocycles. The first-order chi connectivity index (χ1) is 12.9. The van der Waals surface area contributed by atoms with Crippen molar-refractivity contribution < 1.29 is 23.9 Å². The van der Waals surface area contributed by atoms with Crippen molar-refractivity contribution in [1.82, 2.24) is 15.6 Å². The fourth-order valence-electron chi connectivity index (χ4n) is 2.49. The Hall–Kier alpha value is -3.30. The normalized spacial score (nSPS) is 13.2. The standard InChI is InChI=1S/C17H21N5O5/c1-3-18-16(25)13(23)11-10-12(21-8-6-5-7-9-21)20-15(22(11)27)14(24)17(26)19-4-2/h5-6,10H,3-4,7-9H2,1-2H3,(H,18,25)(H,19,26). The van der Waals surface area contributed by atoms with E-state index >= 15 is 0 Å². The fraction of sp³-hybridized carbons (Fsp3) is 0.412. The summed E-state index contributed by atoms with van der Waals surface area (Å²) in [6.07, 6.45) is 4.56. The molecule has 2 N–H and O–H groups in total. The average molecular weight is 375 g/mol. The summed E-state index contributed by atoms with van der Waals surface area (Å²) in [7, 11) is 0. The molecule has 0 aromatic carbocycles. The third-order valence-electron chi connectivity index (χ3n) is 3.80. The van der Waals surface area contributed by atoms with E-state index in [0.717, 1.165) is 6.07 Å². The van der Waals surface area contributed by atoms with Gasteiger partial charge in [-0.1, -0.05) is 12.2 Å². The Balaban J connectivity index is 2.54. The molecule has 0 bridgehead atoms. The lowest BCUT2D eigenvalue weighted by molar-refractivity contribution is -0.612. The topological polar surface area (TPSA) is 135 Å². The van der Waals surface area contributed by atoms with Gasteiger partial charge in [0.05, 0.1) is 6.07 Å². The lowest BCUT2D eigenvalue weighted by Crippen LogP contribution is -2.49. The molecule has 1 aromatic heterocycles. The summed E-state index contributed by atoms with van der Waals surface area (Å²) in [5, 5.41) is 17.1. The summed E-state index contributed by atoms with van der Waals surface area (Å²) in [6.45, 7) is 4.63. The summed E-state index contributed by atoms with van der Waals surface area (Å²) in [4.78, 5) is 54.1. The number of Topliss-reactive ketones (excluding diaryl/α,β-unsaturated/α-hetero) is 2. The number of nitrogens with zero attached hydrogens (tertiary/aromatic N) is 3. The highest BCUT2D eigenvalue weighted by Crippen LogP contribution is 2.16. The monoisotopic (exact) mass is 375 g/mol. The fourth-order valence-corrected chi connectivity index (χ4v) is 2.49. The van der Waals surface area contributed by atoms with E-state index in [2.05, 4.69) is 15.6 Å². The molecular formula is C17H21N5O5. The molecule has 0 spiro atoms. The Morgan fingerprint density at radius 2 is 1.74 bits per heavy atom. The molecule has 1 aromatic rings. The second kappa shape index (κ2) is 8.88. The highest BCUT2D eigenvalue weighted by Gasteiger charge is 2.34. The number of hydrogen-bond acceptors (Lipinski definition) is 7. The second-order valence-corrected chi connectivity index (χ2v) is 5.70. The van der Waals surface area contributed by atoms with E-state index in [0.29, 0.717) is 19.5 Å². The number of amides is 2. The number of nitrogens with one attached hydrogen (secondary N) is 2. The third-order valence-corrected chi connectivity index (χ3v) is 3.80. The smallest absolute Gasteiger partial charge is 0.382 e. The van der Waals surface area contributed by atoms with Crippen molar-refractivity contribution in [3.63, 3.8) is 0 Å². The molecule has 0 saturated carbocycles. The number of carbonyl (C=O) groups excluding carboxylic acids is 4. The molecule has 0 fully saturated rings. The van der Waals surface area contributed by atoms with Gasteiger partial charge >= 0.3 is 17.5 Å². The van der Waals surface area contributed by atoms with E-state index in [-0.39, 0.29) is 23.6 Å². The van der Waals surface area contributed by atoms with Crippen molar-refractivity contribution in [1.29, 1.82) is 0 Å². The van der Waals surface area contributed by atoms with Crippen LogP contribution in [0.5, 0.6) is 0 Å². The highest BCUT2D eigenvalue weighted by molar-refractivity contribution is 6.43. The molecule has 0 saturated heterocycles. The molecular weight excluding hydrogens is 354 g/mol. The quantitative estimate of drug-likeness (QED) is 0.208. The summed E-state index contributed by atoms with van der Waals surface area (Å²) < 4.78 is -0.0571. The minimum atomic E-state index is -1.17. The zero-order chi connectivity index (χ0) is 20.0. The van der Waals surface area contributed by atoms with Gasteiger partial charge in [-0.2, -0.15) is 0 Å². The molecule has 27 heavy (non-hydrogen) atoms. The molecule has 0 aliphatic carbocycles. The average Bonchev–Trinajstić information content (AvgIpc) is 2.68. The minimum Gasteiger partial charge on any atom is -0.710 e. The molecule has 1 aliphatic heterocycles. The summed E-state index contributed by atoms with van der Waals surface area (Å²) in [5.74, 6) is -4.84. The predicted octanol–water partition coefficient (Wildman–Crippen LogP) is -0.881. The maximum atomic E-state index is 12.5. The van der Waals surface area contributed by atoms with Crippen LogP contribution in [-0.4, -0.2) is 54.5 Å². The van der Waals surface area contributed by atoms with E-state index in [1.807, 2.05) is 12.2 Å². The van der Waals surface area contributed by atoms with Crippen molar-refractivity contribution in [3.8, 4) is 0 Å². The summed E-state index contributed by atoms with van der Waals surface area (Å²) in [5.41, 5.74) is -0.562. The lowest BCUT2D eigenvalue weighted by Gasteiger charge is -2.22. The number of anilines is 1. The van der Waals surface area contributed by atoms with Crippen LogP contribution < -0.4 is 20.3 Å². The number of aromatic nitrogens is 2. The number of hydrogen-bond donors (Lipinski definition) is 2. The van der Waals surface area contributed by atoms with Gasteiger partial charge < -0.3 is 20.7 Å². The van der Waals surface area contributed by atoms with Crippen LogP contribution in [0.15, 0.2) is 18.2 Å². The van der Waals surface area contributed by atoms with Crippen LogP contribution in [0.1, 0.15) is 41.4 Å². The number of likely N-dealkylation sites (N-methyl/N-ethyl adjacent to an activating group) is 2. The third kappa shape index (κ3) is 4.46. The van der Waals surface area contributed by atoms with Crippen LogP contribution in [-0.2, 0) is 9.59 Å². The molecule has 0 atom stereocenters. The second-order valence-electron chi connectivity index (χ2n) is 5.70. The molecule has 0 unspecified atom stereocenters. The Bertz CT molecular complexity index is 754. The first kappa shape index (κ1) is 20.0. The van der Waals surface area contributed by atoms with Crippen molar-refractivity contribution in [2.75, 3.05) is 31.1 Å². The summed E-state index contributed by atoms with van der Waals surface area (Å²) in [6, 6.07) is 1.16. The Kier molecular flexibility index (Phi) is 6.58. The number of carbonyl (C=O) groups is 4. The largest absolute Gasteiger partial charge is 0.710 e. The zero-order valence-corrected chi connectivity index (χ0v) is 15.2. The van der Waals surface area contributed by atoms with Crippen molar-refractivity contribution >= 4 is 29.2 Å².